The molecule has 3 nitrogen and oxygen atoms in total. The Hall–Kier alpha value is -0.570. The number of hydrogen-bond acceptors (Lipinski definition) is 2. The molecule has 1 amide bonds. The van der Waals surface area contributed by atoms with Gasteiger partial charge in [-0.1, -0.05) is 6.92 Å². The van der Waals surface area contributed by atoms with Crippen molar-refractivity contribution in [1.29, 1.82) is 0 Å². The van der Waals surface area contributed by atoms with Crippen LogP contribution in [0.4, 0.5) is 0 Å². The summed E-state index contributed by atoms with van der Waals surface area (Å²) < 4.78 is 0. The van der Waals surface area contributed by atoms with Crippen LogP contribution in [0.5, 0.6) is 0 Å². The van der Waals surface area contributed by atoms with Crippen LogP contribution in [0.2, 0.25) is 0 Å². The van der Waals surface area contributed by atoms with Crippen LogP contribution in [-0.2, 0) is 4.79 Å². The lowest BCUT2D eigenvalue weighted by atomic mass is 10.4. The number of carbonyl (C=O) groups excluding carboxylic acids is 1. The van der Waals surface area contributed by atoms with Crippen molar-refractivity contribution >= 4 is 5.91 Å². The van der Waals surface area contributed by atoms with Crippen molar-refractivity contribution in [1.82, 2.24) is 10.2 Å². The number of nitrogens with one attached hydrogen (secondary N) is 1. The number of nitrogens with zero attached hydrogens (tertiary/aromatic N) is 1. The Morgan fingerprint density at radius 1 is 1.67 bits per heavy atom. The SMILES string of the molecule is CCC(=O)N(C)CNC. The predicted octanol–water partition coefficient (Wildman–Crippen LogP) is 0.0317. The molecule has 0 radical (unpaired) electrons. The zero-order chi connectivity index (χ0) is 7.28. The summed E-state index contributed by atoms with van der Waals surface area (Å²) in [6, 6.07) is 0. The molecule has 0 aromatic heterocycles. The van der Waals surface area contributed by atoms with Gasteiger partial charge < -0.3 is 10.2 Å². The average Bonchev–Trinajstić information content (AvgIpc) is 1.87. The van der Waals surface area contributed by atoms with Crippen molar-refractivity contribution in [3.63, 3.8) is 0 Å². The van der Waals surface area contributed by atoms with E-state index in [0.29, 0.717) is 13.1 Å². The fourth-order valence-electron chi connectivity index (χ4n) is 0.595. The van der Waals surface area contributed by atoms with Gasteiger partial charge >= 0.3 is 0 Å². The van der Waals surface area contributed by atoms with Gasteiger partial charge in [-0.15, -0.1) is 0 Å². The van der Waals surface area contributed by atoms with E-state index in [0.717, 1.165) is 0 Å². The Morgan fingerprint density at radius 2 is 2.22 bits per heavy atom. The first-order valence-electron chi connectivity index (χ1n) is 3.11. The molecule has 54 valence electrons. The van der Waals surface area contributed by atoms with Gasteiger partial charge in [0.15, 0.2) is 0 Å². The number of amides is 1. The standard InChI is InChI=1S/C6H14N2O/c1-4-6(9)8(3)5-7-2/h7H,4-5H2,1-3H3. The average molecular weight is 130 g/mol. The van der Waals surface area contributed by atoms with E-state index in [1.807, 2.05) is 14.0 Å². The lowest BCUT2D eigenvalue weighted by molar-refractivity contribution is -0.129. The lowest BCUT2D eigenvalue weighted by Crippen LogP contribution is -2.33. The molecule has 0 saturated heterocycles. The minimum Gasteiger partial charge on any atom is -0.333 e. The summed E-state index contributed by atoms with van der Waals surface area (Å²) in [4.78, 5) is 12.4. The van der Waals surface area contributed by atoms with E-state index >= 15 is 0 Å². The highest BCUT2D eigenvalue weighted by Gasteiger charge is 2.01. The van der Waals surface area contributed by atoms with E-state index < -0.39 is 0 Å². The fourth-order valence-corrected chi connectivity index (χ4v) is 0.595. The van der Waals surface area contributed by atoms with Gasteiger partial charge in [-0.05, 0) is 7.05 Å². The van der Waals surface area contributed by atoms with Gasteiger partial charge in [0.05, 0.1) is 6.67 Å². The van der Waals surface area contributed by atoms with Crippen LogP contribution in [-0.4, -0.2) is 31.6 Å². The third-order valence-electron chi connectivity index (χ3n) is 1.12. The number of rotatable bonds is 3. The molecule has 0 fully saturated rings. The van der Waals surface area contributed by atoms with Crippen LogP contribution in [0.25, 0.3) is 0 Å². The Kier molecular flexibility index (Phi) is 4.05. The van der Waals surface area contributed by atoms with E-state index in [2.05, 4.69) is 5.32 Å². The van der Waals surface area contributed by atoms with Crippen LogP contribution in [0.15, 0.2) is 0 Å². The monoisotopic (exact) mass is 130 g/mol. The Morgan fingerprint density at radius 3 is 2.56 bits per heavy atom. The van der Waals surface area contributed by atoms with Crippen molar-refractivity contribution < 1.29 is 4.79 Å². The van der Waals surface area contributed by atoms with E-state index in [9.17, 15) is 4.79 Å². The number of hydrogen-bond donors (Lipinski definition) is 1. The van der Waals surface area contributed by atoms with Crippen LogP contribution in [0, 0.1) is 0 Å². The highest BCUT2D eigenvalue weighted by molar-refractivity contribution is 5.75. The maximum absolute atomic E-state index is 10.8. The lowest BCUT2D eigenvalue weighted by Gasteiger charge is -2.14. The van der Waals surface area contributed by atoms with Crippen LogP contribution >= 0.6 is 0 Å². The maximum atomic E-state index is 10.8. The Bertz CT molecular complexity index is 93.1. The Labute approximate surface area is 56.0 Å². The molecule has 0 aliphatic heterocycles. The molecule has 0 aromatic carbocycles. The second kappa shape index (κ2) is 4.32. The van der Waals surface area contributed by atoms with E-state index in [1.165, 1.54) is 0 Å². The third kappa shape index (κ3) is 3.08. The molecule has 0 bridgehead atoms. The van der Waals surface area contributed by atoms with Crippen LogP contribution in [0.3, 0.4) is 0 Å². The summed E-state index contributed by atoms with van der Waals surface area (Å²) in [5, 5.41) is 2.89. The van der Waals surface area contributed by atoms with Gasteiger partial charge in [0.2, 0.25) is 5.91 Å². The predicted molar refractivity (Wildman–Crippen MR) is 37.0 cm³/mol. The molecule has 1 N–H and O–H groups in total. The summed E-state index contributed by atoms with van der Waals surface area (Å²) in [5.41, 5.74) is 0. The van der Waals surface area contributed by atoms with Crippen molar-refractivity contribution in [2.75, 3.05) is 20.8 Å². The molecule has 0 spiro atoms. The molecule has 0 heterocycles. The first-order valence-corrected chi connectivity index (χ1v) is 3.11. The molecule has 0 saturated carbocycles. The summed E-state index contributed by atoms with van der Waals surface area (Å²) >= 11 is 0. The highest BCUT2D eigenvalue weighted by Crippen LogP contribution is 1.85. The van der Waals surface area contributed by atoms with Crippen molar-refractivity contribution in [3.8, 4) is 0 Å². The molecule has 0 rings (SSSR count). The molecule has 9 heavy (non-hydrogen) atoms. The minimum absolute atomic E-state index is 0.171. The van der Waals surface area contributed by atoms with Gasteiger partial charge in [-0.2, -0.15) is 0 Å². The normalized spacial score (nSPS) is 9.22. The summed E-state index contributed by atoms with van der Waals surface area (Å²) in [6.45, 7) is 2.49. The molecule has 3 heteroatoms. The molecule has 0 atom stereocenters. The van der Waals surface area contributed by atoms with E-state index in [1.54, 1.807) is 11.9 Å². The smallest absolute Gasteiger partial charge is 0.223 e. The molecule has 0 aromatic rings. The largest absolute Gasteiger partial charge is 0.333 e. The zero-order valence-electron chi connectivity index (χ0n) is 6.27. The fraction of sp³-hybridized carbons (Fsp3) is 0.833. The summed E-state index contributed by atoms with van der Waals surface area (Å²) in [5.74, 6) is 0.171. The molecular weight excluding hydrogens is 116 g/mol. The van der Waals surface area contributed by atoms with Crippen molar-refractivity contribution in [3.05, 3.63) is 0 Å². The maximum Gasteiger partial charge on any atom is 0.223 e. The molecule has 0 aliphatic carbocycles. The summed E-state index contributed by atoms with van der Waals surface area (Å²) in [7, 11) is 3.60. The van der Waals surface area contributed by atoms with Crippen molar-refractivity contribution in [2.24, 2.45) is 0 Å². The van der Waals surface area contributed by atoms with Crippen molar-refractivity contribution in [2.45, 2.75) is 13.3 Å². The Balaban J connectivity index is 3.45. The van der Waals surface area contributed by atoms with Gasteiger partial charge in [0.25, 0.3) is 0 Å². The second-order valence-electron chi connectivity index (χ2n) is 1.96. The quantitative estimate of drug-likeness (QED) is 0.547. The van der Waals surface area contributed by atoms with Gasteiger partial charge in [-0.3, -0.25) is 4.79 Å². The highest BCUT2D eigenvalue weighted by atomic mass is 16.2. The minimum atomic E-state index is 0.171. The zero-order valence-corrected chi connectivity index (χ0v) is 6.27. The topological polar surface area (TPSA) is 32.3 Å². The van der Waals surface area contributed by atoms with Gasteiger partial charge in [-0.25, -0.2) is 0 Å². The van der Waals surface area contributed by atoms with Gasteiger partial charge in [0, 0.05) is 13.5 Å². The van der Waals surface area contributed by atoms with Crippen LogP contribution < -0.4 is 5.32 Å². The van der Waals surface area contributed by atoms with E-state index in [-0.39, 0.29) is 5.91 Å². The second-order valence-corrected chi connectivity index (χ2v) is 1.96. The van der Waals surface area contributed by atoms with Gasteiger partial charge in [0.1, 0.15) is 0 Å². The molecule has 0 unspecified atom stereocenters. The molecule has 0 aliphatic rings. The first kappa shape index (κ1) is 8.43. The van der Waals surface area contributed by atoms with E-state index in [4.69, 9.17) is 0 Å². The first-order chi connectivity index (χ1) is 4.22. The summed E-state index contributed by atoms with van der Waals surface area (Å²) in [6.07, 6.45) is 0.582. The third-order valence-corrected chi connectivity index (χ3v) is 1.12. The number of carbonyl (C=O) groups is 1. The van der Waals surface area contributed by atoms with Crippen LogP contribution in [0.1, 0.15) is 13.3 Å². The molecular formula is C6H14N2O.